The lowest BCUT2D eigenvalue weighted by molar-refractivity contribution is 0.0933. The van der Waals surface area contributed by atoms with E-state index in [2.05, 4.69) is 69.3 Å². The molecule has 0 bridgehead atoms. The maximum atomic E-state index is 4.95. The molecule has 136 valence electrons. The number of hydrogen-bond acceptors (Lipinski definition) is 4. The molecule has 2 aliphatic heterocycles. The van der Waals surface area contributed by atoms with E-state index >= 15 is 0 Å². The van der Waals surface area contributed by atoms with Crippen LogP contribution in [-0.4, -0.2) is 42.3 Å². The van der Waals surface area contributed by atoms with E-state index in [9.17, 15) is 0 Å². The number of rotatable bonds is 3. The van der Waals surface area contributed by atoms with Crippen molar-refractivity contribution < 1.29 is 0 Å². The quantitative estimate of drug-likeness (QED) is 0.729. The number of imidazole rings is 1. The molecule has 2 aliphatic rings. The third-order valence-corrected chi connectivity index (χ3v) is 5.62. The van der Waals surface area contributed by atoms with Crippen molar-refractivity contribution >= 4 is 11.0 Å². The molecule has 1 fully saturated rings. The summed E-state index contributed by atoms with van der Waals surface area (Å²) in [6.45, 7) is 10.8. The van der Waals surface area contributed by atoms with Crippen LogP contribution in [0.3, 0.4) is 0 Å². The molecule has 0 radical (unpaired) electrons. The van der Waals surface area contributed by atoms with E-state index in [4.69, 9.17) is 4.98 Å². The Morgan fingerprint density at radius 1 is 1.12 bits per heavy atom. The first-order valence-corrected chi connectivity index (χ1v) is 9.61. The molecule has 0 amide bonds. The van der Waals surface area contributed by atoms with E-state index in [1.165, 1.54) is 17.8 Å². The summed E-state index contributed by atoms with van der Waals surface area (Å²) in [6, 6.07) is 8.99. The summed E-state index contributed by atoms with van der Waals surface area (Å²) in [5.41, 5.74) is 2.39. The van der Waals surface area contributed by atoms with Crippen LogP contribution in [0.25, 0.3) is 11.0 Å². The fourth-order valence-corrected chi connectivity index (χ4v) is 4.31. The van der Waals surface area contributed by atoms with Crippen LogP contribution in [0.5, 0.6) is 0 Å². The number of likely N-dealkylation sites (tertiary alicyclic amines) is 1. The number of benzene rings is 1. The van der Waals surface area contributed by atoms with Crippen LogP contribution in [0.1, 0.15) is 50.7 Å². The molecule has 26 heavy (non-hydrogen) atoms. The topological polar surface area (TPSA) is 51.8 Å². The zero-order chi connectivity index (χ0) is 17.9. The van der Waals surface area contributed by atoms with Crippen molar-refractivity contribution in [2.45, 2.75) is 58.2 Å². The van der Waals surface area contributed by atoms with Gasteiger partial charge in [-0.05, 0) is 18.6 Å². The molecular formula is C20H26N6. The highest BCUT2D eigenvalue weighted by atomic mass is 15.3. The molecule has 0 unspecified atom stereocenters. The summed E-state index contributed by atoms with van der Waals surface area (Å²) in [7, 11) is 0. The van der Waals surface area contributed by atoms with Crippen molar-refractivity contribution in [3.63, 3.8) is 0 Å². The Morgan fingerprint density at radius 2 is 1.92 bits per heavy atom. The van der Waals surface area contributed by atoms with Gasteiger partial charge in [0.25, 0.3) is 0 Å². The second-order valence-electron chi connectivity index (χ2n) is 8.68. The monoisotopic (exact) mass is 350 g/mol. The lowest BCUT2D eigenvalue weighted by Gasteiger charge is -2.41. The number of aromatic nitrogens is 5. The number of fused-ring (bicyclic) bond motifs is 2. The average Bonchev–Trinajstić information content (AvgIpc) is 3.24. The predicted octanol–water partition coefficient (Wildman–Crippen LogP) is 2.93. The summed E-state index contributed by atoms with van der Waals surface area (Å²) in [5, 5.41) is 8.74. The van der Waals surface area contributed by atoms with Crippen molar-refractivity contribution in [3.05, 3.63) is 41.7 Å². The highest BCUT2D eigenvalue weighted by Gasteiger charge is 2.35. The number of nitrogens with zero attached hydrogens (tertiary/aromatic N) is 6. The van der Waals surface area contributed by atoms with Gasteiger partial charge < -0.3 is 9.13 Å². The molecule has 6 nitrogen and oxygen atoms in total. The van der Waals surface area contributed by atoms with Gasteiger partial charge in [0.15, 0.2) is 0 Å². The molecule has 0 spiro atoms. The molecule has 6 heteroatoms. The minimum atomic E-state index is 0.0350. The predicted molar refractivity (Wildman–Crippen MR) is 101 cm³/mol. The Bertz CT molecular complexity index is 954. The Kier molecular flexibility index (Phi) is 3.47. The molecule has 4 heterocycles. The zero-order valence-corrected chi connectivity index (χ0v) is 15.8. The van der Waals surface area contributed by atoms with Gasteiger partial charge in [-0.1, -0.05) is 32.9 Å². The van der Waals surface area contributed by atoms with Crippen LogP contribution in [0.15, 0.2) is 24.3 Å². The molecule has 2 aromatic heterocycles. The number of para-hydroxylation sites is 2. The summed E-state index contributed by atoms with van der Waals surface area (Å²) in [4.78, 5) is 7.43. The molecule has 1 saturated heterocycles. The first-order chi connectivity index (χ1) is 12.5. The minimum absolute atomic E-state index is 0.0350. The lowest BCUT2D eigenvalue weighted by Crippen LogP contribution is -2.48. The fourth-order valence-electron chi connectivity index (χ4n) is 4.31. The van der Waals surface area contributed by atoms with Crippen molar-refractivity contribution in [1.82, 2.24) is 29.2 Å². The van der Waals surface area contributed by atoms with Crippen molar-refractivity contribution in [3.8, 4) is 0 Å². The maximum Gasteiger partial charge on any atom is 0.147 e. The molecular weight excluding hydrogens is 324 g/mol. The van der Waals surface area contributed by atoms with Gasteiger partial charge in [0.2, 0.25) is 0 Å². The maximum absolute atomic E-state index is 4.95. The largest absolute Gasteiger partial charge is 0.322 e. The van der Waals surface area contributed by atoms with Gasteiger partial charge >= 0.3 is 0 Å². The number of aryl methyl sites for hydroxylation is 1. The Morgan fingerprint density at radius 3 is 2.73 bits per heavy atom. The smallest absolute Gasteiger partial charge is 0.147 e. The SMILES string of the molecule is CC(C)(C)c1nc2ccccc2n1C1CN(Cc2nnc3n2CCC3)C1. The summed E-state index contributed by atoms with van der Waals surface area (Å²) in [6.07, 6.45) is 2.28. The first-order valence-electron chi connectivity index (χ1n) is 9.61. The summed E-state index contributed by atoms with van der Waals surface area (Å²) >= 11 is 0. The van der Waals surface area contributed by atoms with Crippen LogP contribution in [0.4, 0.5) is 0 Å². The third kappa shape index (κ3) is 2.47. The van der Waals surface area contributed by atoms with Crippen molar-refractivity contribution in [1.29, 1.82) is 0 Å². The Hall–Kier alpha value is -2.21. The van der Waals surface area contributed by atoms with Gasteiger partial charge in [0.05, 0.1) is 23.6 Å². The van der Waals surface area contributed by atoms with Gasteiger partial charge in [-0.15, -0.1) is 10.2 Å². The van der Waals surface area contributed by atoms with E-state index in [-0.39, 0.29) is 5.41 Å². The van der Waals surface area contributed by atoms with E-state index in [0.29, 0.717) is 6.04 Å². The molecule has 0 N–H and O–H groups in total. The molecule has 1 aromatic carbocycles. The first kappa shape index (κ1) is 16.0. The number of hydrogen-bond donors (Lipinski definition) is 0. The molecule has 0 atom stereocenters. The van der Waals surface area contributed by atoms with Crippen LogP contribution in [0, 0.1) is 0 Å². The van der Waals surface area contributed by atoms with E-state index in [0.717, 1.165) is 49.8 Å². The fraction of sp³-hybridized carbons (Fsp3) is 0.550. The van der Waals surface area contributed by atoms with Gasteiger partial charge in [-0.25, -0.2) is 4.98 Å². The van der Waals surface area contributed by atoms with E-state index in [1.807, 2.05) is 0 Å². The van der Waals surface area contributed by atoms with E-state index in [1.54, 1.807) is 0 Å². The zero-order valence-electron chi connectivity index (χ0n) is 15.8. The highest BCUT2D eigenvalue weighted by molar-refractivity contribution is 5.76. The van der Waals surface area contributed by atoms with E-state index < -0.39 is 0 Å². The Balaban J connectivity index is 1.39. The average molecular weight is 350 g/mol. The molecule has 0 aliphatic carbocycles. The summed E-state index contributed by atoms with van der Waals surface area (Å²) < 4.78 is 4.78. The highest BCUT2D eigenvalue weighted by Crippen LogP contribution is 2.34. The normalized spacial score (nSPS) is 18.4. The molecule has 5 rings (SSSR count). The van der Waals surface area contributed by atoms with Crippen molar-refractivity contribution in [2.75, 3.05) is 13.1 Å². The second-order valence-corrected chi connectivity index (χ2v) is 8.68. The minimum Gasteiger partial charge on any atom is -0.322 e. The standard InChI is InChI=1S/C20H26N6/c1-20(2,3)19-21-15-7-4-5-8-16(15)26(19)14-11-24(12-14)13-18-23-22-17-9-6-10-25(17)18/h4-5,7-8,14H,6,9-13H2,1-3H3. The second kappa shape index (κ2) is 5.64. The van der Waals surface area contributed by atoms with Crippen molar-refractivity contribution in [2.24, 2.45) is 0 Å². The Labute approximate surface area is 153 Å². The van der Waals surface area contributed by atoms with Crippen LogP contribution >= 0.6 is 0 Å². The van der Waals surface area contributed by atoms with Gasteiger partial charge in [-0.2, -0.15) is 0 Å². The van der Waals surface area contributed by atoms with Gasteiger partial charge in [-0.3, -0.25) is 4.90 Å². The summed E-state index contributed by atoms with van der Waals surface area (Å²) in [5.74, 6) is 3.47. The third-order valence-electron chi connectivity index (χ3n) is 5.62. The molecule has 3 aromatic rings. The van der Waals surface area contributed by atoms with Crippen LogP contribution in [0.2, 0.25) is 0 Å². The van der Waals surface area contributed by atoms with Crippen LogP contribution in [-0.2, 0) is 24.9 Å². The van der Waals surface area contributed by atoms with Crippen LogP contribution < -0.4 is 0 Å². The van der Waals surface area contributed by atoms with Gasteiger partial charge in [0, 0.05) is 31.5 Å². The molecule has 0 saturated carbocycles. The lowest BCUT2D eigenvalue weighted by atomic mass is 9.94. The van der Waals surface area contributed by atoms with Gasteiger partial charge in [0.1, 0.15) is 17.5 Å².